The lowest BCUT2D eigenvalue weighted by Gasteiger charge is -2.12. The molecule has 0 heterocycles. The van der Waals surface area contributed by atoms with E-state index in [9.17, 15) is 14.4 Å². The van der Waals surface area contributed by atoms with Crippen molar-refractivity contribution >= 4 is 42.5 Å². The van der Waals surface area contributed by atoms with E-state index in [2.05, 4.69) is 9.47 Å². The van der Waals surface area contributed by atoms with Gasteiger partial charge in [-0.2, -0.15) is 0 Å². The fourth-order valence-corrected chi connectivity index (χ4v) is 1.41. The van der Waals surface area contributed by atoms with Crippen LogP contribution < -0.4 is 11.5 Å². The molecule has 4 N–H and O–H groups in total. The first kappa shape index (κ1) is 24.1. The summed E-state index contributed by atoms with van der Waals surface area (Å²) in [6.07, 6.45) is 0.0247. The SMILES string of the molecule is COC(=O)CC(N)CC(=O)CC(N)CC(=O)OC.Cl.Cl. The van der Waals surface area contributed by atoms with Gasteiger partial charge in [0.1, 0.15) is 5.78 Å². The van der Waals surface area contributed by atoms with E-state index in [1.165, 1.54) is 14.2 Å². The molecular weight excluding hydrogens is 311 g/mol. The molecule has 0 radical (unpaired) electrons. The number of Topliss-reactive ketones (excluding diaryl/α,β-unsaturated/α-hetero) is 1. The Bertz CT molecular complexity index is 287. The minimum atomic E-state index is -0.588. The summed E-state index contributed by atoms with van der Waals surface area (Å²) < 4.78 is 8.87. The van der Waals surface area contributed by atoms with Gasteiger partial charge >= 0.3 is 11.9 Å². The zero-order valence-electron chi connectivity index (χ0n) is 11.5. The summed E-state index contributed by atoms with van der Waals surface area (Å²) in [6.45, 7) is 0. The quantitative estimate of drug-likeness (QED) is 0.598. The summed E-state index contributed by atoms with van der Waals surface area (Å²) in [5.74, 6) is -1.12. The van der Waals surface area contributed by atoms with Crippen molar-refractivity contribution < 1.29 is 23.9 Å². The van der Waals surface area contributed by atoms with E-state index in [-0.39, 0.29) is 56.3 Å². The molecule has 0 aliphatic carbocycles. The van der Waals surface area contributed by atoms with Gasteiger partial charge in [-0.25, -0.2) is 0 Å². The Balaban J connectivity index is -0.00000144. The Hall–Kier alpha value is -0.890. The zero-order chi connectivity index (χ0) is 14.1. The summed E-state index contributed by atoms with van der Waals surface area (Å²) in [5.41, 5.74) is 11.2. The standard InChI is InChI=1S/C11H20N2O5.2ClH/c1-17-10(15)5-7(12)3-9(14)4-8(13)6-11(16)18-2;;/h7-8H,3-6,12-13H2,1-2H3;2*1H. The van der Waals surface area contributed by atoms with Gasteiger partial charge < -0.3 is 20.9 Å². The second kappa shape index (κ2) is 13.1. The number of hydrogen-bond acceptors (Lipinski definition) is 7. The van der Waals surface area contributed by atoms with Crippen LogP contribution in [-0.2, 0) is 23.9 Å². The Morgan fingerprint density at radius 1 is 0.800 bits per heavy atom. The minimum Gasteiger partial charge on any atom is -0.469 e. The lowest BCUT2D eigenvalue weighted by molar-refractivity contribution is -0.141. The predicted octanol–water partition coefficient (Wildman–Crippen LogP) is -0.0399. The van der Waals surface area contributed by atoms with Crippen LogP contribution in [0, 0.1) is 0 Å². The van der Waals surface area contributed by atoms with Crippen molar-refractivity contribution in [2.45, 2.75) is 37.8 Å². The number of carbonyl (C=O) groups is 3. The van der Waals surface area contributed by atoms with Crippen molar-refractivity contribution in [2.75, 3.05) is 14.2 Å². The molecule has 0 aromatic carbocycles. The molecule has 2 atom stereocenters. The molecule has 0 aromatic rings. The highest BCUT2D eigenvalue weighted by atomic mass is 35.5. The lowest BCUT2D eigenvalue weighted by Crippen LogP contribution is -2.32. The fourth-order valence-electron chi connectivity index (χ4n) is 1.41. The summed E-state index contributed by atoms with van der Waals surface area (Å²) in [6, 6.07) is -1.18. The smallest absolute Gasteiger partial charge is 0.307 e. The molecule has 0 amide bonds. The number of carbonyl (C=O) groups excluding carboxylic acids is 3. The Labute approximate surface area is 130 Å². The van der Waals surface area contributed by atoms with Crippen molar-refractivity contribution in [1.82, 2.24) is 0 Å². The second-order valence-corrected chi connectivity index (χ2v) is 4.03. The Kier molecular flexibility index (Phi) is 15.8. The third kappa shape index (κ3) is 12.2. The molecule has 0 rings (SSSR count). The Morgan fingerprint density at radius 2 is 1.10 bits per heavy atom. The van der Waals surface area contributed by atoms with Crippen LogP contribution in [0.25, 0.3) is 0 Å². The highest BCUT2D eigenvalue weighted by Gasteiger charge is 2.18. The van der Waals surface area contributed by atoms with E-state index in [4.69, 9.17) is 11.5 Å². The van der Waals surface area contributed by atoms with Gasteiger partial charge in [0, 0.05) is 24.9 Å². The fraction of sp³-hybridized carbons (Fsp3) is 0.727. The average molecular weight is 333 g/mol. The normalized spacial score (nSPS) is 12.2. The third-order valence-corrected chi connectivity index (χ3v) is 2.29. The molecule has 7 nitrogen and oxygen atoms in total. The second-order valence-electron chi connectivity index (χ2n) is 4.03. The van der Waals surface area contributed by atoms with Crippen molar-refractivity contribution in [3.05, 3.63) is 0 Å². The topological polar surface area (TPSA) is 122 Å². The van der Waals surface area contributed by atoms with Gasteiger partial charge in [0.15, 0.2) is 0 Å². The molecule has 2 unspecified atom stereocenters. The number of rotatable bonds is 8. The van der Waals surface area contributed by atoms with E-state index in [0.717, 1.165) is 0 Å². The maximum atomic E-state index is 11.5. The van der Waals surface area contributed by atoms with Crippen molar-refractivity contribution in [3.8, 4) is 0 Å². The first-order valence-electron chi connectivity index (χ1n) is 5.55. The monoisotopic (exact) mass is 332 g/mol. The van der Waals surface area contributed by atoms with E-state index in [1.807, 2.05) is 0 Å². The molecule has 0 spiro atoms. The summed E-state index contributed by atoms with van der Waals surface area (Å²) in [7, 11) is 2.51. The molecule has 9 heteroatoms. The number of ether oxygens (including phenoxy) is 2. The van der Waals surface area contributed by atoms with Crippen LogP contribution in [0.3, 0.4) is 0 Å². The molecule has 20 heavy (non-hydrogen) atoms. The summed E-state index contributed by atoms with van der Waals surface area (Å²) in [5, 5.41) is 0. The van der Waals surface area contributed by atoms with Crippen LogP contribution in [0.2, 0.25) is 0 Å². The molecule has 0 fully saturated rings. The number of esters is 2. The first-order chi connectivity index (χ1) is 8.38. The number of hydrogen-bond donors (Lipinski definition) is 2. The number of nitrogens with two attached hydrogens (primary N) is 2. The number of halogens is 2. The van der Waals surface area contributed by atoms with Crippen LogP contribution in [0.5, 0.6) is 0 Å². The molecule has 0 aliphatic heterocycles. The van der Waals surface area contributed by atoms with Gasteiger partial charge in [-0.1, -0.05) is 0 Å². The average Bonchev–Trinajstić information content (AvgIpc) is 2.27. The molecule has 120 valence electrons. The van der Waals surface area contributed by atoms with Gasteiger partial charge in [0.2, 0.25) is 0 Å². The first-order valence-corrected chi connectivity index (χ1v) is 5.55. The zero-order valence-corrected chi connectivity index (χ0v) is 13.1. The van der Waals surface area contributed by atoms with Crippen LogP contribution in [-0.4, -0.2) is 44.0 Å². The predicted molar refractivity (Wildman–Crippen MR) is 78.0 cm³/mol. The molecule has 0 saturated heterocycles. The third-order valence-electron chi connectivity index (χ3n) is 2.29. The van der Waals surface area contributed by atoms with E-state index < -0.39 is 24.0 Å². The maximum Gasteiger partial charge on any atom is 0.307 e. The summed E-state index contributed by atoms with van der Waals surface area (Å²) >= 11 is 0. The van der Waals surface area contributed by atoms with Crippen LogP contribution in [0.15, 0.2) is 0 Å². The number of methoxy groups -OCH3 is 2. The van der Waals surface area contributed by atoms with E-state index in [0.29, 0.717) is 0 Å². The van der Waals surface area contributed by atoms with Gasteiger partial charge in [0.05, 0.1) is 27.1 Å². The van der Waals surface area contributed by atoms with Gasteiger partial charge in [-0.15, -0.1) is 24.8 Å². The van der Waals surface area contributed by atoms with Crippen molar-refractivity contribution in [1.29, 1.82) is 0 Å². The summed E-state index contributed by atoms with van der Waals surface area (Å²) in [4.78, 5) is 33.4. The Morgan fingerprint density at radius 3 is 1.35 bits per heavy atom. The maximum absolute atomic E-state index is 11.5. The van der Waals surface area contributed by atoms with Gasteiger partial charge in [-0.3, -0.25) is 14.4 Å². The molecule has 0 bridgehead atoms. The minimum absolute atomic E-state index is 0. The highest BCUT2D eigenvalue weighted by Crippen LogP contribution is 2.04. The van der Waals surface area contributed by atoms with Crippen LogP contribution in [0.1, 0.15) is 25.7 Å². The van der Waals surface area contributed by atoms with E-state index in [1.54, 1.807) is 0 Å². The van der Waals surface area contributed by atoms with Crippen LogP contribution >= 0.6 is 24.8 Å². The number of ketones is 1. The van der Waals surface area contributed by atoms with Crippen molar-refractivity contribution in [2.24, 2.45) is 11.5 Å². The van der Waals surface area contributed by atoms with Crippen molar-refractivity contribution in [3.63, 3.8) is 0 Å². The highest BCUT2D eigenvalue weighted by molar-refractivity contribution is 5.85. The molecular formula is C11H22Cl2N2O5. The molecule has 0 aliphatic rings. The van der Waals surface area contributed by atoms with Gasteiger partial charge in [-0.05, 0) is 0 Å². The lowest BCUT2D eigenvalue weighted by atomic mass is 10.0. The van der Waals surface area contributed by atoms with E-state index >= 15 is 0 Å². The van der Waals surface area contributed by atoms with Crippen LogP contribution in [0.4, 0.5) is 0 Å². The van der Waals surface area contributed by atoms with Gasteiger partial charge in [0.25, 0.3) is 0 Å². The molecule has 0 aromatic heterocycles. The largest absolute Gasteiger partial charge is 0.469 e. The molecule has 0 saturated carbocycles.